The monoisotopic (exact) mass is 431 g/mol. The number of methoxy groups -OCH3 is 1. The standard InChI is InChI=1S/C24H30FNO5/c1-17-7-5-8-18(15-17)22-19(9-6-10-20(22)25)24(29,11-3-4-13-30-2)21-16-26(23(27)28)12-14-31-21/h5-10,15,21,29H,3-4,11-14,16H2,1-2H3,(H,27,28). The van der Waals surface area contributed by atoms with E-state index in [9.17, 15) is 15.0 Å². The minimum absolute atomic E-state index is 0.0138. The molecule has 2 N–H and O–H groups in total. The minimum Gasteiger partial charge on any atom is -0.465 e. The summed E-state index contributed by atoms with van der Waals surface area (Å²) in [6.45, 7) is 2.89. The van der Waals surface area contributed by atoms with E-state index in [4.69, 9.17) is 9.47 Å². The number of nitrogens with zero attached hydrogens (tertiary/aromatic N) is 1. The van der Waals surface area contributed by atoms with Crippen molar-refractivity contribution in [3.8, 4) is 11.1 Å². The number of aliphatic hydroxyl groups is 1. The van der Waals surface area contributed by atoms with Crippen LogP contribution in [-0.2, 0) is 15.1 Å². The first-order valence-corrected chi connectivity index (χ1v) is 10.5. The van der Waals surface area contributed by atoms with Crippen molar-refractivity contribution in [2.24, 2.45) is 0 Å². The van der Waals surface area contributed by atoms with Gasteiger partial charge in [0, 0.05) is 25.8 Å². The van der Waals surface area contributed by atoms with Crippen LogP contribution in [0.15, 0.2) is 42.5 Å². The predicted octanol–water partition coefficient (Wildman–Crippen LogP) is 4.18. The van der Waals surface area contributed by atoms with Crippen molar-refractivity contribution in [3.63, 3.8) is 0 Å². The molecule has 0 spiro atoms. The highest BCUT2D eigenvalue weighted by molar-refractivity contribution is 5.70. The molecule has 6 nitrogen and oxygen atoms in total. The molecule has 0 saturated carbocycles. The van der Waals surface area contributed by atoms with Crippen molar-refractivity contribution >= 4 is 6.09 Å². The lowest BCUT2D eigenvalue weighted by Gasteiger charge is -2.42. The van der Waals surface area contributed by atoms with Crippen LogP contribution in [-0.4, -0.2) is 60.7 Å². The van der Waals surface area contributed by atoms with Crippen LogP contribution in [0, 0.1) is 12.7 Å². The fraction of sp³-hybridized carbons (Fsp3) is 0.458. The Morgan fingerprint density at radius 3 is 2.77 bits per heavy atom. The van der Waals surface area contributed by atoms with Crippen molar-refractivity contribution in [3.05, 3.63) is 59.4 Å². The van der Waals surface area contributed by atoms with Crippen LogP contribution in [0.2, 0.25) is 0 Å². The molecule has 2 atom stereocenters. The molecule has 168 valence electrons. The van der Waals surface area contributed by atoms with Gasteiger partial charge in [-0.15, -0.1) is 0 Å². The molecule has 1 saturated heterocycles. The molecule has 2 aromatic carbocycles. The van der Waals surface area contributed by atoms with Crippen molar-refractivity contribution in [1.82, 2.24) is 4.90 Å². The van der Waals surface area contributed by atoms with Gasteiger partial charge in [-0.3, -0.25) is 0 Å². The molecule has 2 aromatic rings. The van der Waals surface area contributed by atoms with Gasteiger partial charge in [0.25, 0.3) is 0 Å². The lowest BCUT2D eigenvalue weighted by molar-refractivity contribution is -0.148. The van der Waals surface area contributed by atoms with Crippen LogP contribution < -0.4 is 0 Å². The van der Waals surface area contributed by atoms with Gasteiger partial charge in [0.2, 0.25) is 0 Å². The summed E-state index contributed by atoms with van der Waals surface area (Å²) in [6.07, 6.45) is -0.264. The molecule has 7 heteroatoms. The largest absolute Gasteiger partial charge is 0.465 e. The van der Waals surface area contributed by atoms with E-state index in [1.807, 2.05) is 31.2 Å². The summed E-state index contributed by atoms with van der Waals surface area (Å²) in [4.78, 5) is 12.8. The second-order valence-electron chi connectivity index (χ2n) is 7.99. The van der Waals surface area contributed by atoms with Crippen molar-refractivity contribution < 1.29 is 28.9 Å². The Hall–Kier alpha value is -2.48. The van der Waals surface area contributed by atoms with Crippen molar-refractivity contribution in [1.29, 1.82) is 0 Å². The Morgan fingerprint density at radius 1 is 1.29 bits per heavy atom. The summed E-state index contributed by atoms with van der Waals surface area (Å²) < 4.78 is 26.1. The van der Waals surface area contributed by atoms with Gasteiger partial charge < -0.3 is 24.6 Å². The average molecular weight is 432 g/mol. The Labute approximate surface area is 182 Å². The lowest BCUT2D eigenvalue weighted by Crippen LogP contribution is -2.54. The number of rotatable bonds is 8. The van der Waals surface area contributed by atoms with E-state index in [0.29, 0.717) is 36.1 Å². The molecular weight excluding hydrogens is 401 g/mol. The van der Waals surface area contributed by atoms with E-state index < -0.39 is 23.6 Å². The molecule has 31 heavy (non-hydrogen) atoms. The van der Waals surface area contributed by atoms with Crippen molar-refractivity contribution in [2.45, 2.75) is 37.9 Å². The Bertz CT molecular complexity index is 905. The predicted molar refractivity (Wildman–Crippen MR) is 116 cm³/mol. The number of halogens is 1. The number of carbonyl (C=O) groups is 1. The maximum atomic E-state index is 15.1. The van der Waals surface area contributed by atoms with Gasteiger partial charge in [-0.1, -0.05) is 42.0 Å². The smallest absolute Gasteiger partial charge is 0.407 e. The van der Waals surface area contributed by atoms with Gasteiger partial charge in [0.1, 0.15) is 17.5 Å². The third kappa shape index (κ3) is 5.23. The number of aryl methyl sites for hydroxylation is 1. The first kappa shape index (κ1) is 23.2. The molecule has 1 amide bonds. The second kappa shape index (κ2) is 10.2. The van der Waals surface area contributed by atoms with Crippen LogP contribution in [0.25, 0.3) is 11.1 Å². The molecule has 1 heterocycles. The zero-order valence-electron chi connectivity index (χ0n) is 18.0. The Kier molecular flexibility index (Phi) is 7.64. The van der Waals surface area contributed by atoms with E-state index in [1.165, 1.54) is 11.0 Å². The van der Waals surface area contributed by atoms with Crippen LogP contribution in [0.1, 0.15) is 30.4 Å². The third-order valence-corrected chi connectivity index (χ3v) is 5.81. The Morgan fingerprint density at radius 2 is 2.06 bits per heavy atom. The Balaban J connectivity index is 2.07. The van der Waals surface area contributed by atoms with E-state index in [-0.39, 0.29) is 26.1 Å². The van der Waals surface area contributed by atoms with Gasteiger partial charge >= 0.3 is 6.09 Å². The number of ether oxygens (including phenoxy) is 2. The normalized spacial score (nSPS) is 18.6. The number of carboxylic acid groups (broad SMARTS) is 1. The first-order chi connectivity index (χ1) is 14.9. The fourth-order valence-electron chi connectivity index (χ4n) is 4.20. The van der Waals surface area contributed by atoms with Gasteiger partial charge in [-0.25, -0.2) is 9.18 Å². The number of benzene rings is 2. The maximum absolute atomic E-state index is 15.1. The summed E-state index contributed by atoms with van der Waals surface area (Å²) >= 11 is 0. The summed E-state index contributed by atoms with van der Waals surface area (Å²) in [6, 6.07) is 12.1. The summed E-state index contributed by atoms with van der Waals surface area (Å²) in [7, 11) is 1.61. The second-order valence-corrected chi connectivity index (χ2v) is 7.99. The molecule has 0 aliphatic carbocycles. The molecule has 0 aromatic heterocycles. The van der Waals surface area contributed by atoms with Gasteiger partial charge in [-0.05, 0) is 43.4 Å². The number of hydrogen-bond acceptors (Lipinski definition) is 4. The SMILES string of the molecule is COCCCCC(O)(c1cccc(F)c1-c1cccc(C)c1)C1CN(C(=O)O)CCO1. The van der Waals surface area contributed by atoms with Crippen LogP contribution in [0.3, 0.4) is 0 Å². The summed E-state index contributed by atoms with van der Waals surface area (Å²) in [5, 5.41) is 21.4. The van der Waals surface area contributed by atoms with Gasteiger partial charge in [0.05, 0.1) is 13.2 Å². The van der Waals surface area contributed by atoms with Gasteiger partial charge in [-0.2, -0.15) is 0 Å². The van der Waals surface area contributed by atoms with Crippen LogP contribution in [0.4, 0.5) is 9.18 Å². The summed E-state index contributed by atoms with van der Waals surface area (Å²) in [5.41, 5.74) is 0.795. The fourth-order valence-corrected chi connectivity index (χ4v) is 4.20. The molecule has 0 radical (unpaired) electrons. The van der Waals surface area contributed by atoms with E-state index in [0.717, 1.165) is 5.56 Å². The third-order valence-electron chi connectivity index (χ3n) is 5.81. The maximum Gasteiger partial charge on any atom is 0.407 e. The molecular formula is C24H30FNO5. The quantitative estimate of drug-likeness (QED) is 0.613. The molecule has 1 fully saturated rings. The topological polar surface area (TPSA) is 79.2 Å². The number of unbranched alkanes of at least 4 members (excludes halogenated alkanes) is 1. The number of morpholine rings is 1. The van der Waals surface area contributed by atoms with Crippen LogP contribution in [0.5, 0.6) is 0 Å². The molecule has 3 rings (SSSR count). The zero-order valence-corrected chi connectivity index (χ0v) is 18.0. The zero-order chi connectivity index (χ0) is 22.4. The minimum atomic E-state index is -1.57. The lowest BCUT2D eigenvalue weighted by atomic mass is 9.78. The van der Waals surface area contributed by atoms with Crippen LogP contribution >= 0.6 is 0 Å². The average Bonchev–Trinajstić information content (AvgIpc) is 2.76. The molecule has 1 aliphatic heterocycles. The first-order valence-electron chi connectivity index (χ1n) is 10.5. The van der Waals surface area contributed by atoms with E-state index in [2.05, 4.69) is 0 Å². The molecule has 0 bridgehead atoms. The molecule has 1 aliphatic rings. The van der Waals surface area contributed by atoms with E-state index >= 15 is 4.39 Å². The highest BCUT2D eigenvalue weighted by Gasteiger charge is 2.44. The van der Waals surface area contributed by atoms with Crippen molar-refractivity contribution in [2.75, 3.05) is 33.4 Å². The summed E-state index contributed by atoms with van der Waals surface area (Å²) in [5.74, 6) is -0.440. The highest BCUT2D eigenvalue weighted by atomic mass is 19.1. The van der Waals surface area contributed by atoms with E-state index in [1.54, 1.807) is 19.2 Å². The van der Waals surface area contributed by atoms with Gasteiger partial charge in [0.15, 0.2) is 0 Å². The number of amides is 1. The highest BCUT2D eigenvalue weighted by Crippen LogP contribution is 2.41. The number of hydrogen-bond donors (Lipinski definition) is 2. The molecule has 2 unspecified atom stereocenters.